The molecule has 0 atom stereocenters. The van der Waals surface area contributed by atoms with E-state index in [4.69, 9.17) is 0 Å². The number of phenols is 2. The van der Waals surface area contributed by atoms with Crippen LogP contribution in [0.3, 0.4) is 0 Å². The number of hydrogen-bond donors (Lipinski definition) is 3. The van der Waals surface area contributed by atoms with Crippen LogP contribution in [0.5, 0.6) is 11.5 Å². The smallest absolute Gasteiger partial charge is 0.181 e. The molecule has 0 aliphatic carbocycles. The van der Waals surface area contributed by atoms with Crippen molar-refractivity contribution < 1.29 is 10.2 Å². The molecule has 7 nitrogen and oxygen atoms in total. The average Bonchev–Trinajstić information content (AvgIpc) is 3.08. The molecule has 0 aliphatic rings. The Kier molecular flexibility index (Phi) is 3.18. The summed E-state index contributed by atoms with van der Waals surface area (Å²) < 4.78 is 1.88. The maximum Gasteiger partial charge on any atom is 0.181 e. The Morgan fingerprint density at radius 2 is 1.96 bits per heavy atom. The van der Waals surface area contributed by atoms with Crippen LogP contribution in [-0.2, 0) is 0 Å². The highest BCUT2D eigenvalue weighted by molar-refractivity contribution is 5.87. The lowest BCUT2D eigenvalue weighted by atomic mass is 10.1. The van der Waals surface area contributed by atoms with Crippen molar-refractivity contribution in [2.75, 3.05) is 12.4 Å². The molecule has 0 amide bonds. The van der Waals surface area contributed by atoms with Gasteiger partial charge in [-0.15, -0.1) is 0 Å². The van der Waals surface area contributed by atoms with Crippen molar-refractivity contribution in [1.82, 2.24) is 14.4 Å². The number of nitriles is 1. The van der Waals surface area contributed by atoms with Crippen LogP contribution in [0.25, 0.3) is 27.9 Å². The molecule has 122 valence electrons. The maximum absolute atomic E-state index is 9.82. The van der Waals surface area contributed by atoms with Crippen LogP contribution in [0.2, 0.25) is 0 Å². The minimum absolute atomic E-state index is 0.188. The highest BCUT2D eigenvalue weighted by atomic mass is 16.3. The van der Waals surface area contributed by atoms with Crippen molar-refractivity contribution in [3.8, 4) is 28.8 Å². The van der Waals surface area contributed by atoms with Gasteiger partial charge in [-0.25, -0.2) is 9.97 Å². The van der Waals surface area contributed by atoms with Crippen molar-refractivity contribution in [3.05, 3.63) is 48.2 Å². The fourth-order valence-corrected chi connectivity index (χ4v) is 2.85. The first kappa shape index (κ1) is 14.8. The van der Waals surface area contributed by atoms with Crippen LogP contribution >= 0.6 is 0 Å². The standard InChI is InChI=1S/C18H13N5O2/c1-20-17-18-21-9-14(11-3-5-15(24)16(25)7-11)23(18)13-6-10(8-19)2-4-12(13)22-17/h2-7,9,24-25H,1H3,(H,20,22). The zero-order chi connectivity index (χ0) is 17.6. The number of anilines is 1. The number of fused-ring (bicyclic) bond motifs is 3. The Morgan fingerprint density at radius 1 is 1.12 bits per heavy atom. The van der Waals surface area contributed by atoms with Gasteiger partial charge in [0, 0.05) is 12.6 Å². The van der Waals surface area contributed by atoms with Crippen LogP contribution in [0, 0.1) is 11.3 Å². The molecule has 4 aromatic rings. The number of nitrogens with zero attached hydrogens (tertiary/aromatic N) is 4. The first-order valence-corrected chi connectivity index (χ1v) is 7.54. The molecule has 0 saturated heterocycles. The van der Waals surface area contributed by atoms with Gasteiger partial charge in [0.15, 0.2) is 23.0 Å². The van der Waals surface area contributed by atoms with Crippen molar-refractivity contribution in [1.29, 1.82) is 5.26 Å². The van der Waals surface area contributed by atoms with E-state index in [0.29, 0.717) is 33.8 Å². The van der Waals surface area contributed by atoms with E-state index in [1.807, 2.05) is 4.40 Å². The van der Waals surface area contributed by atoms with Crippen LogP contribution in [-0.4, -0.2) is 31.6 Å². The molecule has 25 heavy (non-hydrogen) atoms. The highest BCUT2D eigenvalue weighted by Crippen LogP contribution is 2.33. The summed E-state index contributed by atoms with van der Waals surface area (Å²) in [7, 11) is 1.76. The van der Waals surface area contributed by atoms with Gasteiger partial charge >= 0.3 is 0 Å². The Labute approximate surface area is 142 Å². The molecule has 0 bridgehead atoms. The summed E-state index contributed by atoms with van der Waals surface area (Å²) in [5, 5.41) is 31.6. The van der Waals surface area contributed by atoms with Gasteiger partial charge in [-0.3, -0.25) is 4.40 Å². The summed E-state index contributed by atoms with van der Waals surface area (Å²) in [6, 6.07) is 12.0. The number of nitrogens with one attached hydrogen (secondary N) is 1. The minimum Gasteiger partial charge on any atom is -0.504 e. The van der Waals surface area contributed by atoms with Gasteiger partial charge in [0.2, 0.25) is 0 Å². The van der Waals surface area contributed by atoms with Crippen molar-refractivity contribution >= 4 is 22.5 Å². The Balaban J connectivity index is 2.13. The molecule has 2 aromatic heterocycles. The third-order valence-corrected chi connectivity index (χ3v) is 4.06. The molecule has 0 unspecified atom stereocenters. The largest absolute Gasteiger partial charge is 0.504 e. The summed E-state index contributed by atoms with van der Waals surface area (Å²) in [4.78, 5) is 8.98. The van der Waals surface area contributed by atoms with Gasteiger partial charge in [-0.1, -0.05) is 0 Å². The second kappa shape index (κ2) is 5.39. The predicted octanol–water partition coefficient (Wildman–Crippen LogP) is 2.87. The monoisotopic (exact) mass is 331 g/mol. The quantitative estimate of drug-likeness (QED) is 0.488. The summed E-state index contributed by atoms with van der Waals surface area (Å²) in [5.41, 5.74) is 3.95. The predicted molar refractivity (Wildman–Crippen MR) is 93.5 cm³/mol. The molecule has 0 aliphatic heterocycles. The first-order chi connectivity index (χ1) is 12.1. The highest BCUT2D eigenvalue weighted by Gasteiger charge is 2.15. The average molecular weight is 331 g/mol. The Morgan fingerprint density at radius 3 is 2.68 bits per heavy atom. The molecule has 2 aromatic carbocycles. The van der Waals surface area contributed by atoms with Gasteiger partial charge in [0.05, 0.1) is 34.6 Å². The Hall–Kier alpha value is -3.79. The summed E-state index contributed by atoms with van der Waals surface area (Å²) in [6.07, 6.45) is 1.67. The SMILES string of the molecule is CNc1nc2ccc(C#N)cc2n2c(-c3ccc(O)c(O)c3)cnc12. The van der Waals surface area contributed by atoms with Crippen molar-refractivity contribution in [2.24, 2.45) is 0 Å². The van der Waals surface area contributed by atoms with Gasteiger partial charge in [0.1, 0.15) is 0 Å². The van der Waals surface area contributed by atoms with Crippen molar-refractivity contribution in [3.63, 3.8) is 0 Å². The van der Waals surface area contributed by atoms with Gasteiger partial charge < -0.3 is 15.5 Å². The van der Waals surface area contributed by atoms with Gasteiger partial charge in [0.25, 0.3) is 0 Å². The van der Waals surface area contributed by atoms with E-state index >= 15 is 0 Å². The topological polar surface area (TPSA) is 106 Å². The van der Waals surface area contributed by atoms with Crippen molar-refractivity contribution in [2.45, 2.75) is 0 Å². The number of benzene rings is 2. The number of phenolic OH excluding ortho intramolecular Hbond substituents is 2. The number of rotatable bonds is 2. The molecule has 7 heteroatoms. The third-order valence-electron chi connectivity index (χ3n) is 4.06. The maximum atomic E-state index is 9.82. The lowest BCUT2D eigenvalue weighted by molar-refractivity contribution is 0.404. The molecule has 4 rings (SSSR count). The summed E-state index contributed by atoms with van der Waals surface area (Å²) >= 11 is 0. The lowest BCUT2D eigenvalue weighted by Crippen LogP contribution is -2.01. The van der Waals surface area contributed by atoms with Gasteiger partial charge in [-0.2, -0.15) is 5.26 Å². The Bertz CT molecular complexity index is 1170. The number of imidazole rings is 1. The zero-order valence-corrected chi connectivity index (χ0v) is 13.2. The fourth-order valence-electron chi connectivity index (χ4n) is 2.85. The second-order valence-corrected chi connectivity index (χ2v) is 5.53. The molecule has 0 fully saturated rings. The molecular weight excluding hydrogens is 318 g/mol. The summed E-state index contributed by atoms with van der Waals surface area (Å²) in [6.45, 7) is 0. The zero-order valence-electron chi connectivity index (χ0n) is 13.2. The lowest BCUT2D eigenvalue weighted by Gasteiger charge is -2.10. The molecule has 0 spiro atoms. The third kappa shape index (κ3) is 2.20. The van der Waals surface area contributed by atoms with E-state index in [1.165, 1.54) is 12.1 Å². The normalized spacial score (nSPS) is 10.9. The van der Waals surface area contributed by atoms with Crippen LogP contribution in [0.4, 0.5) is 5.82 Å². The molecule has 0 saturated carbocycles. The van der Waals surface area contributed by atoms with E-state index in [0.717, 1.165) is 5.52 Å². The molecular formula is C18H13N5O2. The van der Waals surface area contributed by atoms with E-state index < -0.39 is 0 Å². The van der Waals surface area contributed by atoms with Crippen LogP contribution < -0.4 is 5.32 Å². The van der Waals surface area contributed by atoms with E-state index in [1.54, 1.807) is 37.5 Å². The second-order valence-electron chi connectivity index (χ2n) is 5.53. The minimum atomic E-state index is -0.211. The van der Waals surface area contributed by atoms with Crippen LogP contribution in [0.15, 0.2) is 42.6 Å². The summed E-state index contributed by atoms with van der Waals surface area (Å²) in [5.74, 6) is 0.204. The first-order valence-electron chi connectivity index (χ1n) is 7.54. The van der Waals surface area contributed by atoms with Gasteiger partial charge in [-0.05, 0) is 36.4 Å². The van der Waals surface area contributed by atoms with E-state index in [-0.39, 0.29) is 11.5 Å². The fraction of sp³-hybridized carbons (Fsp3) is 0.0556. The molecule has 2 heterocycles. The van der Waals surface area contributed by atoms with Crippen LogP contribution in [0.1, 0.15) is 5.56 Å². The number of aromatic hydroxyl groups is 2. The molecule has 3 N–H and O–H groups in total. The number of hydrogen-bond acceptors (Lipinski definition) is 6. The van der Waals surface area contributed by atoms with E-state index in [9.17, 15) is 15.5 Å². The van der Waals surface area contributed by atoms with E-state index in [2.05, 4.69) is 21.4 Å². The number of aromatic nitrogens is 3. The molecule has 0 radical (unpaired) electrons.